The molecule has 0 aliphatic carbocycles. The molecule has 17 heavy (non-hydrogen) atoms. The smallest absolute Gasteiger partial charge is 0.176 e. The summed E-state index contributed by atoms with van der Waals surface area (Å²) in [6.45, 7) is 2.96. The highest BCUT2D eigenvalue weighted by atomic mass is 15.6. The van der Waals surface area contributed by atoms with Gasteiger partial charge in [0.1, 0.15) is 0 Å². The van der Waals surface area contributed by atoms with Crippen LogP contribution >= 0.6 is 0 Å². The van der Waals surface area contributed by atoms with E-state index in [-0.39, 0.29) is 6.04 Å². The maximum atomic E-state index is 4.20. The molecule has 0 aliphatic rings. The monoisotopic (exact) mass is 235 g/mol. The predicted octanol–water partition coefficient (Wildman–Crippen LogP) is -0.163. The van der Waals surface area contributed by atoms with Crippen molar-refractivity contribution in [3.05, 3.63) is 24.0 Å². The lowest BCUT2D eigenvalue weighted by molar-refractivity contribution is 0.508. The zero-order chi connectivity index (χ0) is 12.3. The molecule has 2 heterocycles. The van der Waals surface area contributed by atoms with Crippen LogP contribution in [0.25, 0.3) is 0 Å². The van der Waals surface area contributed by atoms with Gasteiger partial charge in [-0.3, -0.25) is 0 Å². The number of rotatable bonds is 5. The van der Waals surface area contributed by atoms with Crippen LogP contribution in [-0.2, 0) is 20.5 Å². The molecule has 7 heteroatoms. The van der Waals surface area contributed by atoms with E-state index in [1.165, 1.54) is 4.80 Å². The second-order valence-electron chi connectivity index (χ2n) is 3.94. The largest absolute Gasteiger partial charge is 0.336 e. The summed E-state index contributed by atoms with van der Waals surface area (Å²) in [6.07, 6.45) is 4.37. The third-order valence-electron chi connectivity index (χ3n) is 2.60. The molecule has 0 spiro atoms. The first-order valence-electron chi connectivity index (χ1n) is 5.63. The highest BCUT2D eigenvalue weighted by molar-refractivity contribution is 5.07. The van der Waals surface area contributed by atoms with Crippen molar-refractivity contribution in [1.29, 1.82) is 0 Å². The molecule has 1 unspecified atom stereocenters. The Bertz CT molecular complexity index is 472. The van der Waals surface area contributed by atoms with Gasteiger partial charge in [-0.25, -0.2) is 4.98 Å². The molecular formula is C10H17N7. The summed E-state index contributed by atoms with van der Waals surface area (Å²) in [4.78, 5) is 5.61. The molecule has 2 aromatic rings. The number of likely N-dealkylation sites (N-methyl/N-ethyl adjacent to an activating group) is 1. The average molecular weight is 235 g/mol. The van der Waals surface area contributed by atoms with Crippen LogP contribution in [0.3, 0.4) is 0 Å². The van der Waals surface area contributed by atoms with Crippen LogP contribution in [-0.4, -0.2) is 36.3 Å². The van der Waals surface area contributed by atoms with Gasteiger partial charge >= 0.3 is 0 Å². The van der Waals surface area contributed by atoms with Crippen molar-refractivity contribution in [2.75, 3.05) is 6.54 Å². The van der Waals surface area contributed by atoms with Crippen molar-refractivity contribution in [1.82, 2.24) is 35.1 Å². The lowest BCUT2D eigenvalue weighted by Crippen LogP contribution is -2.25. The standard InChI is InChI=1S/C10H17N7/c1-4-12-8(9-6-11-7-16(9)2)5-10-13-15-17(3)14-10/h6-8,12H,4-5H2,1-3H3. The summed E-state index contributed by atoms with van der Waals surface area (Å²) < 4.78 is 2.00. The first-order valence-corrected chi connectivity index (χ1v) is 5.63. The highest BCUT2D eigenvalue weighted by Crippen LogP contribution is 2.15. The lowest BCUT2D eigenvalue weighted by atomic mass is 10.1. The van der Waals surface area contributed by atoms with Crippen LogP contribution in [0.15, 0.2) is 12.5 Å². The average Bonchev–Trinajstić information content (AvgIpc) is 2.87. The minimum atomic E-state index is 0.164. The maximum absolute atomic E-state index is 4.20. The number of nitrogens with zero attached hydrogens (tertiary/aromatic N) is 6. The van der Waals surface area contributed by atoms with Gasteiger partial charge in [0.2, 0.25) is 0 Å². The van der Waals surface area contributed by atoms with E-state index in [2.05, 4.69) is 32.6 Å². The molecule has 2 rings (SSSR count). The lowest BCUT2D eigenvalue weighted by Gasteiger charge is -2.16. The topological polar surface area (TPSA) is 73.5 Å². The van der Waals surface area contributed by atoms with Crippen molar-refractivity contribution >= 4 is 0 Å². The molecule has 0 aliphatic heterocycles. The molecule has 1 N–H and O–H groups in total. The third-order valence-corrected chi connectivity index (χ3v) is 2.60. The summed E-state index contributed by atoms with van der Waals surface area (Å²) >= 11 is 0. The number of aromatic nitrogens is 6. The molecule has 7 nitrogen and oxygen atoms in total. The summed E-state index contributed by atoms with van der Waals surface area (Å²) in [7, 11) is 3.75. The third kappa shape index (κ3) is 2.68. The predicted molar refractivity (Wildman–Crippen MR) is 62.1 cm³/mol. The molecule has 0 saturated carbocycles. The van der Waals surface area contributed by atoms with E-state index in [0.717, 1.165) is 18.1 Å². The number of tetrazole rings is 1. The highest BCUT2D eigenvalue weighted by Gasteiger charge is 2.16. The van der Waals surface area contributed by atoms with Crippen molar-refractivity contribution in [3.8, 4) is 0 Å². The summed E-state index contributed by atoms with van der Waals surface area (Å²) in [5.74, 6) is 0.736. The minimum absolute atomic E-state index is 0.164. The van der Waals surface area contributed by atoms with Gasteiger partial charge in [0.15, 0.2) is 5.82 Å². The maximum Gasteiger partial charge on any atom is 0.176 e. The van der Waals surface area contributed by atoms with Gasteiger partial charge in [-0.05, 0) is 11.8 Å². The molecule has 0 fully saturated rings. The minimum Gasteiger partial charge on any atom is -0.336 e. The van der Waals surface area contributed by atoms with Crippen molar-refractivity contribution in [2.45, 2.75) is 19.4 Å². The second kappa shape index (κ2) is 5.05. The molecule has 1 atom stereocenters. The van der Waals surface area contributed by atoms with E-state index >= 15 is 0 Å². The van der Waals surface area contributed by atoms with E-state index < -0.39 is 0 Å². The van der Waals surface area contributed by atoms with Crippen LogP contribution in [0.1, 0.15) is 24.5 Å². The van der Waals surface area contributed by atoms with Gasteiger partial charge in [-0.2, -0.15) is 4.80 Å². The Labute approximate surface area is 99.9 Å². The SMILES string of the molecule is CCNC(Cc1nnn(C)n1)c1cncn1C. The number of hydrogen-bond acceptors (Lipinski definition) is 5. The Balaban J connectivity index is 2.15. The second-order valence-corrected chi connectivity index (χ2v) is 3.94. The van der Waals surface area contributed by atoms with Gasteiger partial charge in [0.25, 0.3) is 0 Å². The molecule has 0 amide bonds. The molecule has 0 radical (unpaired) electrons. The van der Waals surface area contributed by atoms with Gasteiger partial charge in [-0.15, -0.1) is 10.2 Å². The Morgan fingerprint density at radius 1 is 1.41 bits per heavy atom. The zero-order valence-electron chi connectivity index (χ0n) is 10.3. The van der Waals surface area contributed by atoms with E-state index in [1.807, 2.05) is 17.8 Å². The fourth-order valence-corrected chi connectivity index (χ4v) is 1.82. The van der Waals surface area contributed by atoms with E-state index in [4.69, 9.17) is 0 Å². The summed E-state index contributed by atoms with van der Waals surface area (Å²) in [5, 5.41) is 15.5. The van der Waals surface area contributed by atoms with Crippen LogP contribution < -0.4 is 5.32 Å². The molecule has 0 saturated heterocycles. The molecule has 92 valence electrons. The fourth-order valence-electron chi connectivity index (χ4n) is 1.82. The number of nitrogens with one attached hydrogen (secondary N) is 1. The van der Waals surface area contributed by atoms with Crippen LogP contribution in [0.5, 0.6) is 0 Å². The van der Waals surface area contributed by atoms with E-state index in [1.54, 1.807) is 13.4 Å². The Morgan fingerprint density at radius 2 is 2.24 bits per heavy atom. The number of hydrogen-bond donors (Lipinski definition) is 1. The van der Waals surface area contributed by atoms with E-state index in [0.29, 0.717) is 6.42 Å². The first-order chi connectivity index (χ1) is 8.20. The normalized spacial score (nSPS) is 12.9. The van der Waals surface area contributed by atoms with Crippen molar-refractivity contribution < 1.29 is 0 Å². The Kier molecular flexibility index (Phi) is 3.48. The Hall–Kier alpha value is -1.76. The quantitative estimate of drug-likeness (QED) is 0.779. The summed E-state index contributed by atoms with van der Waals surface area (Å²) in [5.41, 5.74) is 1.12. The van der Waals surface area contributed by atoms with Crippen LogP contribution in [0, 0.1) is 0 Å². The van der Waals surface area contributed by atoms with Gasteiger partial charge < -0.3 is 9.88 Å². The van der Waals surface area contributed by atoms with Gasteiger partial charge in [0.05, 0.1) is 25.1 Å². The molecule has 0 aromatic carbocycles. The Morgan fingerprint density at radius 3 is 2.76 bits per heavy atom. The van der Waals surface area contributed by atoms with Gasteiger partial charge in [0, 0.05) is 19.7 Å². The first kappa shape index (κ1) is 11.7. The van der Waals surface area contributed by atoms with E-state index in [9.17, 15) is 0 Å². The molecule has 2 aromatic heterocycles. The van der Waals surface area contributed by atoms with Crippen molar-refractivity contribution in [3.63, 3.8) is 0 Å². The molecular weight excluding hydrogens is 218 g/mol. The number of aryl methyl sites for hydroxylation is 2. The zero-order valence-corrected chi connectivity index (χ0v) is 10.3. The van der Waals surface area contributed by atoms with Crippen LogP contribution in [0.4, 0.5) is 0 Å². The van der Waals surface area contributed by atoms with Crippen LogP contribution in [0.2, 0.25) is 0 Å². The van der Waals surface area contributed by atoms with Crippen molar-refractivity contribution in [2.24, 2.45) is 14.1 Å². The molecule has 0 bridgehead atoms. The van der Waals surface area contributed by atoms with Gasteiger partial charge in [-0.1, -0.05) is 6.92 Å². The number of imidazole rings is 1. The summed E-state index contributed by atoms with van der Waals surface area (Å²) in [6, 6.07) is 0.164. The fraction of sp³-hybridized carbons (Fsp3) is 0.600.